The molecule has 0 spiro atoms. The molecule has 116 valence electrons. The van der Waals surface area contributed by atoms with Gasteiger partial charge in [-0.3, -0.25) is 14.0 Å². The van der Waals surface area contributed by atoms with Crippen LogP contribution in [-0.4, -0.2) is 15.3 Å². The van der Waals surface area contributed by atoms with Gasteiger partial charge in [0.1, 0.15) is 11.2 Å². The van der Waals surface area contributed by atoms with E-state index < -0.39 is 5.91 Å². The van der Waals surface area contributed by atoms with Crippen LogP contribution < -0.4 is 10.9 Å². The second kappa shape index (κ2) is 6.04. The van der Waals surface area contributed by atoms with Crippen molar-refractivity contribution in [2.75, 3.05) is 5.32 Å². The first-order valence-electron chi connectivity index (χ1n) is 7.47. The van der Waals surface area contributed by atoms with Gasteiger partial charge < -0.3 is 5.32 Å². The van der Waals surface area contributed by atoms with E-state index in [1.807, 2.05) is 37.3 Å². The standard InChI is InChI=1S/C18H17N3O2/c1-3-13-5-7-14(8-6-13)20-17(22)15-10-19-16-9-4-12(2)11-21(16)18(15)23/h4-11H,3H2,1-2H3,(H,20,22). The number of nitrogens with one attached hydrogen (secondary N) is 1. The molecule has 0 aliphatic rings. The van der Waals surface area contributed by atoms with E-state index in [1.165, 1.54) is 16.2 Å². The van der Waals surface area contributed by atoms with Crippen LogP contribution >= 0.6 is 0 Å². The summed E-state index contributed by atoms with van der Waals surface area (Å²) in [4.78, 5) is 29.0. The fourth-order valence-electron chi connectivity index (χ4n) is 2.36. The van der Waals surface area contributed by atoms with Crippen molar-refractivity contribution in [3.05, 3.63) is 75.8 Å². The van der Waals surface area contributed by atoms with Crippen molar-refractivity contribution < 1.29 is 4.79 Å². The smallest absolute Gasteiger partial charge is 0.270 e. The zero-order valence-corrected chi connectivity index (χ0v) is 13.0. The lowest BCUT2D eigenvalue weighted by Crippen LogP contribution is -2.26. The number of amides is 1. The Morgan fingerprint density at radius 1 is 1.17 bits per heavy atom. The van der Waals surface area contributed by atoms with Gasteiger partial charge in [0.05, 0.1) is 0 Å². The number of pyridine rings is 1. The molecule has 5 heteroatoms. The van der Waals surface area contributed by atoms with E-state index in [9.17, 15) is 9.59 Å². The van der Waals surface area contributed by atoms with Gasteiger partial charge in [-0.05, 0) is 42.7 Å². The second-order valence-electron chi connectivity index (χ2n) is 5.42. The molecule has 2 heterocycles. The number of nitrogens with zero attached hydrogens (tertiary/aromatic N) is 2. The number of fused-ring (bicyclic) bond motifs is 1. The Morgan fingerprint density at radius 2 is 1.91 bits per heavy atom. The Labute approximate surface area is 133 Å². The van der Waals surface area contributed by atoms with Crippen molar-refractivity contribution in [3.8, 4) is 0 Å². The SMILES string of the molecule is CCc1ccc(NC(=O)c2cnc3ccc(C)cn3c2=O)cc1. The molecule has 0 atom stereocenters. The molecule has 0 bridgehead atoms. The minimum atomic E-state index is -0.456. The molecule has 0 aliphatic carbocycles. The summed E-state index contributed by atoms with van der Waals surface area (Å²) >= 11 is 0. The molecule has 2 aromatic heterocycles. The zero-order valence-electron chi connectivity index (χ0n) is 13.0. The van der Waals surface area contributed by atoms with Crippen molar-refractivity contribution in [3.63, 3.8) is 0 Å². The fourth-order valence-corrected chi connectivity index (χ4v) is 2.36. The molecule has 0 saturated heterocycles. The lowest BCUT2D eigenvalue weighted by molar-refractivity contribution is 0.102. The van der Waals surface area contributed by atoms with Gasteiger partial charge in [-0.2, -0.15) is 0 Å². The summed E-state index contributed by atoms with van der Waals surface area (Å²) in [6.45, 7) is 3.95. The predicted molar refractivity (Wildman–Crippen MR) is 90.0 cm³/mol. The summed E-state index contributed by atoms with van der Waals surface area (Å²) in [5.74, 6) is -0.456. The number of hydrogen-bond acceptors (Lipinski definition) is 3. The highest BCUT2D eigenvalue weighted by atomic mass is 16.2. The number of anilines is 1. The Balaban J connectivity index is 1.94. The average molecular weight is 307 g/mol. The molecule has 3 rings (SSSR count). The van der Waals surface area contributed by atoms with Crippen molar-refractivity contribution in [1.82, 2.24) is 9.38 Å². The number of rotatable bonds is 3. The molecule has 3 aromatic rings. The Hall–Kier alpha value is -2.95. The summed E-state index contributed by atoms with van der Waals surface area (Å²) in [5, 5.41) is 2.74. The molecule has 0 fully saturated rings. The summed E-state index contributed by atoms with van der Waals surface area (Å²) in [7, 11) is 0. The van der Waals surface area contributed by atoms with Crippen LogP contribution in [0.15, 0.2) is 53.6 Å². The van der Waals surface area contributed by atoms with Crippen LogP contribution in [0.2, 0.25) is 0 Å². The third-order valence-electron chi connectivity index (χ3n) is 3.71. The molecule has 1 aromatic carbocycles. The highest BCUT2D eigenvalue weighted by molar-refractivity contribution is 6.03. The maximum absolute atomic E-state index is 12.5. The molecular formula is C18H17N3O2. The first-order valence-corrected chi connectivity index (χ1v) is 7.47. The van der Waals surface area contributed by atoms with E-state index in [0.717, 1.165) is 12.0 Å². The Kier molecular flexibility index (Phi) is 3.93. The molecule has 0 saturated carbocycles. The van der Waals surface area contributed by atoms with Crippen LogP contribution in [0.4, 0.5) is 5.69 Å². The van der Waals surface area contributed by atoms with Gasteiger partial charge in [0.2, 0.25) is 0 Å². The monoisotopic (exact) mass is 307 g/mol. The molecule has 0 unspecified atom stereocenters. The van der Waals surface area contributed by atoms with E-state index in [4.69, 9.17) is 0 Å². The van der Waals surface area contributed by atoms with Gasteiger partial charge in [0.15, 0.2) is 0 Å². The van der Waals surface area contributed by atoms with Gasteiger partial charge in [0.25, 0.3) is 11.5 Å². The minimum Gasteiger partial charge on any atom is -0.322 e. The number of aryl methyl sites for hydroxylation is 2. The summed E-state index contributed by atoms with van der Waals surface area (Å²) < 4.78 is 1.39. The molecule has 1 amide bonds. The van der Waals surface area contributed by atoms with Gasteiger partial charge in [-0.25, -0.2) is 4.98 Å². The first kappa shape index (κ1) is 15.0. The van der Waals surface area contributed by atoms with Crippen molar-refractivity contribution >= 4 is 17.2 Å². The highest BCUT2D eigenvalue weighted by Crippen LogP contribution is 2.11. The average Bonchev–Trinajstić information content (AvgIpc) is 2.56. The van der Waals surface area contributed by atoms with E-state index >= 15 is 0 Å². The van der Waals surface area contributed by atoms with Crippen molar-refractivity contribution in [2.24, 2.45) is 0 Å². The zero-order chi connectivity index (χ0) is 16.4. The van der Waals surface area contributed by atoms with E-state index in [-0.39, 0.29) is 11.1 Å². The van der Waals surface area contributed by atoms with E-state index in [1.54, 1.807) is 12.3 Å². The third-order valence-corrected chi connectivity index (χ3v) is 3.71. The van der Waals surface area contributed by atoms with Gasteiger partial charge >= 0.3 is 0 Å². The van der Waals surface area contributed by atoms with Crippen LogP contribution in [0.1, 0.15) is 28.4 Å². The number of carbonyl (C=O) groups excluding carboxylic acids is 1. The van der Waals surface area contributed by atoms with Crippen LogP contribution in [0.25, 0.3) is 5.65 Å². The van der Waals surface area contributed by atoms with Gasteiger partial charge in [-0.1, -0.05) is 25.1 Å². The molecule has 23 heavy (non-hydrogen) atoms. The number of benzene rings is 1. The first-order chi connectivity index (χ1) is 11.1. The number of aromatic nitrogens is 2. The molecule has 0 aliphatic heterocycles. The van der Waals surface area contributed by atoms with E-state index in [2.05, 4.69) is 17.2 Å². The maximum Gasteiger partial charge on any atom is 0.270 e. The molecule has 5 nitrogen and oxygen atoms in total. The van der Waals surface area contributed by atoms with Gasteiger partial charge in [-0.15, -0.1) is 0 Å². The maximum atomic E-state index is 12.5. The van der Waals surface area contributed by atoms with Gasteiger partial charge in [0, 0.05) is 18.1 Å². The summed E-state index contributed by atoms with van der Waals surface area (Å²) in [6, 6.07) is 11.2. The highest BCUT2D eigenvalue weighted by Gasteiger charge is 2.13. The van der Waals surface area contributed by atoms with Crippen molar-refractivity contribution in [1.29, 1.82) is 0 Å². The summed E-state index contributed by atoms with van der Waals surface area (Å²) in [6.07, 6.45) is 3.93. The Morgan fingerprint density at radius 3 is 2.61 bits per heavy atom. The molecule has 1 N–H and O–H groups in total. The molecule has 0 radical (unpaired) electrons. The van der Waals surface area contributed by atoms with Crippen LogP contribution in [0, 0.1) is 6.92 Å². The van der Waals surface area contributed by atoms with Crippen LogP contribution in [0.5, 0.6) is 0 Å². The molecular weight excluding hydrogens is 290 g/mol. The normalized spacial score (nSPS) is 10.7. The number of hydrogen-bond donors (Lipinski definition) is 1. The summed E-state index contributed by atoms with van der Waals surface area (Å²) in [5.41, 5.74) is 2.93. The van der Waals surface area contributed by atoms with E-state index in [0.29, 0.717) is 11.3 Å². The quantitative estimate of drug-likeness (QED) is 0.809. The Bertz CT molecular complexity index is 927. The van der Waals surface area contributed by atoms with Crippen molar-refractivity contribution in [2.45, 2.75) is 20.3 Å². The third kappa shape index (κ3) is 2.99. The second-order valence-corrected chi connectivity index (χ2v) is 5.42. The van der Waals surface area contributed by atoms with Crippen LogP contribution in [-0.2, 0) is 6.42 Å². The van der Waals surface area contributed by atoms with Crippen LogP contribution in [0.3, 0.4) is 0 Å². The lowest BCUT2D eigenvalue weighted by Gasteiger charge is -2.07. The largest absolute Gasteiger partial charge is 0.322 e. The topological polar surface area (TPSA) is 63.5 Å². The predicted octanol–water partition coefficient (Wildman–Crippen LogP) is 2.82. The minimum absolute atomic E-state index is 0.0210. The fraction of sp³-hybridized carbons (Fsp3) is 0.167. The lowest BCUT2D eigenvalue weighted by atomic mass is 10.1. The number of carbonyl (C=O) groups is 1.